The van der Waals surface area contributed by atoms with Gasteiger partial charge in [-0.2, -0.15) is 0 Å². The second-order valence-corrected chi connectivity index (χ2v) is 7.88. The van der Waals surface area contributed by atoms with Crippen LogP contribution in [-0.4, -0.2) is 10.1 Å². The number of hydrogen-bond acceptors (Lipinski definition) is 4. The average molecular weight is 370 g/mol. The van der Waals surface area contributed by atoms with Crippen LogP contribution in [0.15, 0.2) is 28.1 Å². The van der Waals surface area contributed by atoms with Gasteiger partial charge in [0.1, 0.15) is 17.4 Å². The van der Waals surface area contributed by atoms with E-state index in [1.807, 2.05) is 18.2 Å². The molecule has 0 fully saturated rings. The number of hydrogen-bond donors (Lipinski definition) is 1. The van der Waals surface area contributed by atoms with Crippen LogP contribution in [0.4, 0.5) is 0 Å². The van der Waals surface area contributed by atoms with Gasteiger partial charge in [0.05, 0.1) is 11.8 Å². The largest absolute Gasteiger partial charge is 0.486 e. The highest BCUT2D eigenvalue weighted by Crippen LogP contribution is 2.30. The fraction of sp³-hybridized carbons (Fsp3) is 0.438. The Morgan fingerprint density at radius 1 is 1.38 bits per heavy atom. The molecular weight excluding hydrogens is 350 g/mol. The standard InChI is InChI=1S/C16H20BrNO2S/c1-10(19)12-6-5-11(17)7-13(12)20-8-15-18-14(9-21-15)16(2,3)4/h5-7,9-10,19H,8H2,1-4H3/t10-/m1/s1. The fourth-order valence-electron chi connectivity index (χ4n) is 1.84. The van der Waals surface area contributed by atoms with Gasteiger partial charge in [-0.1, -0.05) is 42.8 Å². The Bertz CT molecular complexity index is 617. The highest BCUT2D eigenvalue weighted by molar-refractivity contribution is 9.10. The van der Waals surface area contributed by atoms with E-state index < -0.39 is 6.10 Å². The van der Waals surface area contributed by atoms with E-state index in [-0.39, 0.29) is 5.41 Å². The summed E-state index contributed by atoms with van der Waals surface area (Å²) in [5.41, 5.74) is 1.91. The minimum absolute atomic E-state index is 0.0509. The zero-order valence-corrected chi connectivity index (χ0v) is 15.1. The molecule has 0 amide bonds. The summed E-state index contributed by atoms with van der Waals surface area (Å²) in [6, 6.07) is 5.64. The molecule has 0 aliphatic heterocycles. The van der Waals surface area contributed by atoms with Crippen molar-refractivity contribution in [1.82, 2.24) is 4.98 Å². The predicted molar refractivity (Wildman–Crippen MR) is 89.9 cm³/mol. The van der Waals surface area contributed by atoms with Crippen molar-refractivity contribution in [3.63, 3.8) is 0 Å². The molecule has 0 unspecified atom stereocenters. The van der Waals surface area contributed by atoms with Gasteiger partial charge in [0, 0.05) is 20.8 Å². The first kappa shape index (κ1) is 16.5. The van der Waals surface area contributed by atoms with E-state index >= 15 is 0 Å². The minimum Gasteiger partial charge on any atom is -0.486 e. The van der Waals surface area contributed by atoms with Crippen molar-refractivity contribution in [3.05, 3.63) is 44.3 Å². The third-order valence-corrected chi connectivity index (χ3v) is 4.41. The zero-order chi connectivity index (χ0) is 15.6. The molecule has 1 heterocycles. The molecular formula is C16H20BrNO2S. The monoisotopic (exact) mass is 369 g/mol. The molecule has 0 aliphatic carbocycles. The molecule has 21 heavy (non-hydrogen) atoms. The van der Waals surface area contributed by atoms with E-state index in [2.05, 4.69) is 47.1 Å². The van der Waals surface area contributed by atoms with E-state index in [4.69, 9.17) is 4.74 Å². The fourth-order valence-corrected chi connectivity index (χ4v) is 3.11. The summed E-state index contributed by atoms with van der Waals surface area (Å²) in [5, 5.41) is 12.8. The van der Waals surface area contributed by atoms with Gasteiger partial charge in [0.2, 0.25) is 0 Å². The second-order valence-electron chi connectivity index (χ2n) is 6.02. The highest BCUT2D eigenvalue weighted by Gasteiger charge is 2.18. The maximum absolute atomic E-state index is 9.80. The van der Waals surface area contributed by atoms with Gasteiger partial charge in [0.25, 0.3) is 0 Å². The highest BCUT2D eigenvalue weighted by atomic mass is 79.9. The number of aromatic nitrogens is 1. The molecule has 1 aromatic carbocycles. The van der Waals surface area contributed by atoms with Gasteiger partial charge in [-0.25, -0.2) is 4.98 Å². The van der Waals surface area contributed by atoms with Crippen LogP contribution < -0.4 is 4.74 Å². The molecule has 1 N–H and O–H groups in total. The molecule has 0 saturated carbocycles. The summed E-state index contributed by atoms with van der Waals surface area (Å²) in [7, 11) is 0. The van der Waals surface area contributed by atoms with Gasteiger partial charge >= 0.3 is 0 Å². The van der Waals surface area contributed by atoms with E-state index in [1.165, 1.54) is 0 Å². The predicted octanol–water partition coefficient (Wildman–Crippen LogP) is 4.84. The Hall–Kier alpha value is -0.910. The van der Waals surface area contributed by atoms with E-state index in [0.717, 1.165) is 20.7 Å². The lowest BCUT2D eigenvalue weighted by Crippen LogP contribution is -2.11. The van der Waals surface area contributed by atoms with Crippen molar-refractivity contribution in [2.24, 2.45) is 0 Å². The summed E-state index contributed by atoms with van der Waals surface area (Å²) in [6.45, 7) is 8.58. The first-order valence-corrected chi connectivity index (χ1v) is 8.50. The molecule has 114 valence electrons. The third-order valence-electron chi connectivity index (χ3n) is 3.10. The number of aliphatic hydroxyl groups excluding tert-OH is 1. The lowest BCUT2D eigenvalue weighted by molar-refractivity contribution is 0.190. The lowest BCUT2D eigenvalue weighted by atomic mass is 9.93. The van der Waals surface area contributed by atoms with Crippen molar-refractivity contribution in [2.45, 2.75) is 45.8 Å². The third kappa shape index (κ3) is 4.28. The van der Waals surface area contributed by atoms with Gasteiger partial charge < -0.3 is 9.84 Å². The molecule has 3 nitrogen and oxygen atoms in total. The summed E-state index contributed by atoms with van der Waals surface area (Å²) < 4.78 is 6.78. The Kier molecular flexibility index (Phi) is 5.07. The quantitative estimate of drug-likeness (QED) is 0.838. The molecule has 0 bridgehead atoms. The van der Waals surface area contributed by atoms with Crippen molar-refractivity contribution in [3.8, 4) is 5.75 Å². The first-order valence-electron chi connectivity index (χ1n) is 6.82. The molecule has 2 rings (SSSR count). The SMILES string of the molecule is C[C@@H](O)c1ccc(Br)cc1OCc1nc(C(C)(C)C)cs1. The van der Waals surface area contributed by atoms with E-state index in [0.29, 0.717) is 12.4 Å². The summed E-state index contributed by atoms with van der Waals surface area (Å²) in [6.07, 6.45) is -0.561. The molecule has 0 radical (unpaired) electrons. The van der Waals surface area contributed by atoms with Crippen LogP contribution in [0.2, 0.25) is 0 Å². The lowest BCUT2D eigenvalue weighted by Gasteiger charge is -2.15. The number of thiazole rings is 1. The number of aliphatic hydroxyl groups is 1. The van der Waals surface area contributed by atoms with E-state index in [9.17, 15) is 5.11 Å². The van der Waals surface area contributed by atoms with Crippen LogP contribution in [0.25, 0.3) is 0 Å². The Morgan fingerprint density at radius 3 is 2.67 bits per heavy atom. The summed E-state index contributed by atoms with van der Waals surface area (Å²) >= 11 is 5.03. The number of ether oxygens (including phenoxy) is 1. The van der Waals surface area contributed by atoms with Crippen molar-refractivity contribution < 1.29 is 9.84 Å². The van der Waals surface area contributed by atoms with Crippen molar-refractivity contribution >= 4 is 27.3 Å². The zero-order valence-electron chi connectivity index (χ0n) is 12.7. The Morgan fingerprint density at radius 2 is 2.10 bits per heavy atom. The van der Waals surface area contributed by atoms with E-state index in [1.54, 1.807) is 18.3 Å². The van der Waals surface area contributed by atoms with Gasteiger partial charge in [-0.15, -0.1) is 11.3 Å². The molecule has 0 saturated heterocycles. The van der Waals surface area contributed by atoms with Crippen LogP contribution in [0.3, 0.4) is 0 Å². The minimum atomic E-state index is -0.561. The number of benzene rings is 1. The summed E-state index contributed by atoms with van der Waals surface area (Å²) in [4.78, 5) is 4.61. The molecule has 0 aliphatic rings. The normalized spacial score (nSPS) is 13.2. The Balaban J connectivity index is 2.13. The van der Waals surface area contributed by atoms with Crippen LogP contribution in [0, 0.1) is 0 Å². The average Bonchev–Trinajstić information content (AvgIpc) is 2.84. The number of nitrogens with zero attached hydrogens (tertiary/aromatic N) is 1. The van der Waals surface area contributed by atoms with Gasteiger partial charge in [0.15, 0.2) is 0 Å². The Labute approximate surface area is 138 Å². The van der Waals surface area contributed by atoms with Crippen LogP contribution in [0.5, 0.6) is 5.75 Å². The molecule has 1 aromatic heterocycles. The topological polar surface area (TPSA) is 42.4 Å². The maximum Gasteiger partial charge on any atom is 0.140 e. The van der Waals surface area contributed by atoms with Crippen molar-refractivity contribution in [2.75, 3.05) is 0 Å². The van der Waals surface area contributed by atoms with Crippen LogP contribution in [0.1, 0.15) is 50.1 Å². The molecule has 5 heteroatoms. The van der Waals surface area contributed by atoms with Gasteiger partial charge in [-0.05, 0) is 19.1 Å². The summed E-state index contributed by atoms with van der Waals surface area (Å²) in [5.74, 6) is 0.687. The van der Waals surface area contributed by atoms with Crippen LogP contribution >= 0.6 is 27.3 Å². The molecule has 0 spiro atoms. The van der Waals surface area contributed by atoms with Crippen molar-refractivity contribution in [1.29, 1.82) is 0 Å². The number of halogens is 1. The first-order chi connectivity index (χ1) is 9.77. The molecule has 2 aromatic rings. The smallest absolute Gasteiger partial charge is 0.140 e. The molecule has 1 atom stereocenters. The second kappa shape index (κ2) is 6.46. The van der Waals surface area contributed by atoms with Crippen LogP contribution in [-0.2, 0) is 12.0 Å². The number of rotatable bonds is 4. The van der Waals surface area contributed by atoms with Gasteiger partial charge in [-0.3, -0.25) is 0 Å². The maximum atomic E-state index is 9.80.